The summed E-state index contributed by atoms with van der Waals surface area (Å²) in [6.07, 6.45) is 0.578. The minimum Gasteiger partial charge on any atom is -0.508 e. The molecule has 0 aliphatic carbocycles. The van der Waals surface area contributed by atoms with Crippen LogP contribution in [0.4, 0.5) is 0 Å². The molecule has 0 unspecified atom stereocenters. The van der Waals surface area contributed by atoms with E-state index in [0.29, 0.717) is 6.42 Å². The van der Waals surface area contributed by atoms with Crippen LogP contribution < -0.4 is 4.72 Å². The van der Waals surface area contributed by atoms with Crippen molar-refractivity contribution < 1.29 is 13.5 Å². The second kappa shape index (κ2) is 6.74. The maximum atomic E-state index is 12.1. The molecular formula is C16H19NO3S. The van der Waals surface area contributed by atoms with Crippen molar-refractivity contribution in [1.82, 2.24) is 4.72 Å². The molecule has 0 aromatic heterocycles. The highest BCUT2D eigenvalue weighted by Crippen LogP contribution is 2.12. The average molecular weight is 305 g/mol. The molecule has 2 aromatic rings. The molecule has 4 nitrogen and oxygen atoms in total. The second-order valence-electron chi connectivity index (χ2n) is 5.13. The lowest BCUT2D eigenvalue weighted by atomic mass is 10.1. The lowest BCUT2D eigenvalue weighted by Crippen LogP contribution is -2.34. The van der Waals surface area contributed by atoms with Crippen LogP contribution in [-0.2, 0) is 22.2 Å². The van der Waals surface area contributed by atoms with E-state index in [1.807, 2.05) is 25.1 Å². The van der Waals surface area contributed by atoms with E-state index in [9.17, 15) is 13.5 Å². The molecule has 0 heterocycles. The van der Waals surface area contributed by atoms with Crippen LogP contribution in [-0.4, -0.2) is 19.6 Å². The molecule has 0 fully saturated rings. The zero-order valence-electron chi connectivity index (χ0n) is 11.9. The largest absolute Gasteiger partial charge is 0.508 e. The Hall–Kier alpha value is -1.85. The lowest BCUT2D eigenvalue weighted by Gasteiger charge is -2.14. The zero-order valence-corrected chi connectivity index (χ0v) is 12.7. The van der Waals surface area contributed by atoms with E-state index < -0.39 is 10.0 Å². The van der Waals surface area contributed by atoms with Crippen LogP contribution in [0, 0.1) is 0 Å². The molecule has 0 saturated carbocycles. The minimum absolute atomic E-state index is 0.0201. The first-order chi connectivity index (χ1) is 9.94. The monoisotopic (exact) mass is 305 g/mol. The number of aromatic hydroxyl groups is 1. The minimum atomic E-state index is -3.36. The van der Waals surface area contributed by atoms with Gasteiger partial charge in [0, 0.05) is 6.04 Å². The molecule has 0 bridgehead atoms. The lowest BCUT2D eigenvalue weighted by molar-refractivity contribution is 0.475. The average Bonchev–Trinajstić information content (AvgIpc) is 2.41. The van der Waals surface area contributed by atoms with Crippen LogP contribution >= 0.6 is 0 Å². The fourth-order valence-electron chi connectivity index (χ4n) is 2.17. The molecule has 2 N–H and O–H groups in total. The van der Waals surface area contributed by atoms with Crippen molar-refractivity contribution in [3.8, 4) is 5.75 Å². The van der Waals surface area contributed by atoms with Crippen molar-refractivity contribution in [2.45, 2.75) is 25.1 Å². The first-order valence-corrected chi connectivity index (χ1v) is 8.42. The van der Waals surface area contributed by atoms with Crippen LogP contribution in [0.15, 0.2) is 54.6 Å². The standard InChI is InChI=1S/C16H19NO3S/c1-13(11-14-7-9-16(18)10-8-14)17-21(19,20)12-15-5-3-2-4-6-15/h2-10,13,17-18H,11-12H2,1H3/t13-/m1/s1. The van der Waals surface area contributed by atoms with E-state index in [1.54, 1.807) is 36.4 Å². The Morgan fingerprint density at radius 3 is 2.24 bits per heavy atom. The number of hydrogen-bond acceptors (Lipinski definition) is 3. The summed E-state index contributed by atoms with van der Waals surface area (Å²) >= 11 is 0. The van der Waals surface area contributed by atoms with Crippen LogP contribution in [0.3, 0.4) is 0 Å². The summed E-state index contributed by atoms with van der Waals surface area (Å²) in [4.78, 5) is 0. The van der Waals surface area contributed by atoms with Gasteiger partial charge in [0.15, 0.2) is 0 Å². The van der Waals surface area contributed by atoms with Gasteiger partial charge in [0.25, 0.3) is 0 Å². The Bertz CT molecular complexity index is 666. The van der Waals surface area contributed by atoms with Crippen molar-refractivity contribution in [2.24, 2.45) is 0 Å². The summed E-state index contributed by atoms with van der Waals surface area (Å²) in [5.41, 5.74) is 1.74. The first kappa shape index (κ1) is 15.5. The highest BCUT2D eigenvalue weighted by Gasteiger charge is 2.15. The molecule has 0 aliphatic heterocycles. The van der Waals surface area contributed by atoms with Gasteiger partial charge in [0.2, 0.25) is 10.0 Å². The van der Waals surface area contributed by atoms with Gasteiger partial charge < -0.3 is 5.11 Å². The smallest absolute Gasteiger partial charge is 0.216 e. The van der Waals surface area contributed by atoms with Crippen LogP contribution in [0.25, 0.3) is 0 Å². The number of sulfonamides is 1. The van der Waals surface area contributed by atoms with Crippen molar-refractivity contribution in [1.29, 1.82) is 0 Å². The topological polar surface area (TPSA) is 66.4 Å². The van der Waals surface area contributed by atoms with Crippen LogP contribution in [0.5, 0.6) is 5.75 Å². The molecule has 0 amide bonds. The third-order valence-corrected chi connectivity index (χ3v) is 4.53. The van der Waals surface area contributed by atoms with Gasteiger partial charge in [0.05, 0.1) is 5.75 Å². The number of nitrogens with one attached hydrogen (secondary N) is 1. The fourth-order valence-corrected chi connectivity index (χ4v) is 3.58. The number of benzene rings is 2. The van der Waals surface area contributed by atoms with E-state index in [-0.39, 0.29) is 17.5 Å². The van der Waals surface area contributed by atoms with Crippen molar-refractivity contribution in [2.75, 3.05) is 0 Å². The number of rotatable bonds is 6. The summed E-state index contributed by atoms with van der Waals surface area (Å²) in [7, 11) is -3.36. The highest BCUT2D eigenvalue weighted by molar-refractivity contribution is 7.88. The molecular weight excluding hydrogens is 286 g/mol. The third-order valence-electron chi connectivity index (χ3n) is 3.06. The summed E-state index contributed by atoms with van der Waals surface area (Å²) in [5, 5.41) is 9.23. The molecule has 2 aromatic carbocycles. The van der Waals surface area contributed by atoms with E-state index in [1.165, 1.54) is 0 Å². The first-order valence-electron chi connectivity index (χ1n) is 6.76. The Balaban J connectivity index is 1.95. The zero-order chi connectivity index (χ0) is 15.3. The number of hydrogen-bond donors (Lipinski definition) is 2. The van der Waals surface area contributed by atoms with Crippen molar-refractivity contribution in [3.63, 3.8) is 0 Å². The van der Waals surface area contributed by atoms with Gasteiger partial charge in [-0.3, -0.25) is 0 Å². The van der Waals surface area contributed by atoms with Gasteiger partial charge in [-0.1, -0.05) is 42.5 Å². The molecule has 2 rings (SSSR count). The summed E-state index contributed by atoms with van der Waals surface area (Å²) in [5.74, 6) is 0.185. The van der Waals surface area contributed by atoms with E-state index >= 15 is 0 Å². The molecule has 5 heteroatoms. The quantitative estimate of drug-likeness (QED) is 0.861. The molecule has 0 aliphatic rings. The summed E-state index contributed by atoms with van der Waals surface area (Å²) < 4.78 is 26.9. The van der Waals surface area contributed by atoms with Gasteiger partial charge in [-0.15, -0.1) is 0 Å². The SMILES string of the molecule is C[C@H](Cc1ccc(O)cc1)NS(=O)(=O)Cc1ccccc1. The van der Waals surface area contributed by atoms with Gasteiger partial charge >= 0.3 is 0 Å². The summed E-state index contributed by atoms with van der Waals surface area (Å²) in [6.45, 7) is 1.83. The van der Waals surface area contributed by atoms with Gasteiger partial charge in [0.1, 0.15) is 5.75 Å². The third kappa shape index (κ3) is 5.21. The van der Waals surface area contributed by atoms with E-state index in [4.69, 9.17) is 0 Å². The molecule has 0 saturated heterocycles. The molecule has 21 heavy (non-hydrogen) atoms. The fraction of sp³-hybridized carbons (Fsp3) is 0.250. The maximum absolute atomic E-state index is 12.1. The van der Waals surface area contributed by atoms with Gasteiger partial charge in [-0.2, -0.15) is 0 Å². The molecule has 0 spiro atoms. The predicted molar refractivity (Wildman–Crippen MR) is 83.5 cm³/mol. The second-order valence-corrected chi connectivity index (χ2v) is 6.89. The van der Waals surface area contributed by atoms with Crippen molar-refractivity contribution in [3.05, 3.63) is 65.7 Å². The van der Waals surface area contributed by atoms with E-state index in [2.05, 4.69) is 4.72 Å². The predicted octanol–water partition coefficient (Wildman–Crippen LogP) is 2.44. The molecule has 1 atom stereocenters. The number of phenols is 1. The molecule has 0 radical (unpaired) electrons. The van der Waals surface area contributed by atoms with E-state index in [0.717, 1.165) is 11.1 Å². The maximum Gasteiger partial charge on any atom is 0.216 e. The van der Waals surface area contributed by atoms with Gasteiger partial charge in [-0.25, -0.2) is 13.1 Å². The normalized spacial score (nSPS) is 13.0. The molecule has 112 valence electrons. The Morgan fingerprint density at radius 1 is 1.00 bits per heavy atom. The Kier molecular flexibility index (Phi) is 4.98. The number of phenolic OH excluding ortho intramolecular Hbond substituents is 1. The van der Waals surface area contributed by atoms with Crippen LogP contribution in [0.1, 0.15) is 18.1 Å². The van der Waals surface area contributed by atoms with Crippen molar-refractivity contribution >= 4 is 10.0 Å². The van der Waals surface area contributed by atoms with Crippen LogP contribution in [0.2, 0.25) is 0 Å². The van der Waals surface area contributed by atoms with Gasteiger partial charge in [-0.05, 0) is 36.6 Å². The highest BCUT2D eigenvalue weighted by atomic mass is 32.2. The Morgan fingerprint density at radius 2 is 1.62 bits per heavy atom. The Labute approximate surface area is 125 Å². The summed E-state index contributed by atoms with van der Waals surface area (Å²) in [6, 6.07) is 15.7.